The number of amides is 1. The van der Waals surface area contributed by atoms with E-state index in [4.69, 9.17) is 9.47 Å². The Morgan fingerprint density at radius 3 is 2.79 bits per heavy atom. The van der Waals surface area contributed by atoms with Gasteiger partial charge in [0.1, 0.15) is 6.61 Å². The molecule has 0 aliphatic carbocycles. The normalized spacial score (nSPS) is 16.0. The summed E-state index contributed by atoms with van der Waals surface area (Å²) in [6, 6.07) is 11.6. The second kappa shape index (κ2) is 9.09. The highest BCUT2D eigenvalue weighted by Crippen LogP contribution is 2.36. The van der Waals surface area contributed by atoms with Gasteiger partial charge in [0.25, 0.3) is 5.91 Å². The van der Waals surface area contributed by atoms with Crippen LogP contribution in [0.5, 0.6) is 11.5 Å². The highest BCUT2D eigenvalue weighted by molar-refractivity contribution is 7.08. The molecule has 4 rings (SSSR count). The predicted octanol–water partition coefficient (Wildman–Crippen LogP) is 5.10. The van der Waals surface area contributed by atoms with Crippen molar-refractivity contribution in [2.75, 3.05) is 13.2 Å². The number of pyridine rings is 1. The minimum atomic E-state index is 0.0420. The van der Waals surface area contributed by atoms with E-state index in [2.05, 4.69) is 21.8 Å². The molecule has 1 aromatic carbocycles. The Morgan fingerprint density at radius 2 is 2.03 bits per heavy atom. The van der Waals surface area contributed by atoms with Gasteiger partial charge in [-0.2, -0.15) is 11.3 Å². The van der Waals surface area contributed by atoms with Gasteiger partial charge in [-0.3, -0.25) is 9.78 Å². The summed E-state index contributed by atoms with van der Waals surface area (Å²) in [5.74, 6) is 1.27. The standard InChI is InChI=1S/C23H24N2O3S/c1-2-27-22-14-18(5-6-21(22)28-15-17-7-10-24-11-8-17)23(26)25-12-3-4-20(25)19-9-13-29-16-19/h5-11,13-14,16,20H,2-4,12,15H2,1H3. The van der Waals surface area contributed by atoms with E-state index in [0.717, 1.165) is 24.9 Å². The van der Waals surface area contributed by atoms with Crippen molar-refractivity contribution in [3.05, 3.63) is 76.2 Å². The smallest absolute Gasteiger partial charge is 0.254 e. The summed E-state index contributed by atoms with van der Waals surface area (Å²) in [6.07, 6.45) is 5.51. The van der Waals surface area contributed by atoms with Gasteiger partial charge in [-0.1, -0.05) is 0 Å². The molecule has 3 aromatic rings. The number of aromatic nitrogens is 1. The molecule has 1 amide bonds. The quantitative estimate of drug-likeness (QED) is 0.546. The van der Waals surface area contributed by atoms with Crippen molar-refractivity contribution in [2.24, 2.45) is 0 Å². The van der Waals surface area contributed by atoms with Crippen LogP contribution < -0.4 is 9.47 Å². The zero-order chi connectivity index (χ0) is 20.1. The molecule has 0 bridgehead atoms. The summed E-state index contributed by atoms with van der Waals surface area (Å²) < 4.78 is 11.7. The highest BCUT2D eigenvalue weighted by Gasteiger charge is 2.31. The van der Waals surface area contributed by atoms with Crippen molar-refractivity contribution in [2.45, 2.75) is 32.4 Å². The van der Waals surface area contributed by atoms with E-state index < -0.39 is 0 Å². The van der Waals surface area contributed by atoms with Gasteiger partial charge >= 0.3 is 0 Å². The molecule has 1 saturated heterocycles. The molecule has 150 valence electrons. The Bertz CT molecular complexity index is 944. The number of likely N-dealkylation sites (tertiary alicyclic amines) is 1. The third kappa shape index (κ3) is 4.43. The maximum Gasteiger partial charge on any atom is 0.254 e. The van der Waals surface area contributed by atoms with E-state index in [1.54, 1.807) is 29.8 Å². The van der Waals surface area contributed by atoms with E-state index in [1.807, 2.05) is 36.1 Å². The molecule has 1 unspecified atom stereocenters. The lowest BCUT2D eigenvalue weighted by molar-refractivity contribution is 0.0735. The molecule has 1 aliphatic rings. The highest BCUT2D eigenvalue weighted by atomic mass is 32.1. The third-order valence-electron chi connectivity index (χ3n) is 5.08. The molecule has 0 saturated carbocycles. The molecule has 2 aromatic heterocycles. The largest absolute Gasteiger partial charge is 0.490 e. The van der Waals surface area contributed by atoms with Gasteiger partial charge in [0.05, 0.1) is 12.6 Å². The van der Waals surface area contributed by atoms with E-state index in [0.29, 0.717) is 30.3 Å². The fourth-order valence-electron chi connectivity index (χ4n) is 3.66. The summed E-state index contributed by atoms with van der Waals surface area (Å²) >= 11 is 1.67. The third-order valence-corrected chi connectivity index (χ3v) is 5.78. The van der Waals surface area contributed by atoms with Crippen molar-refractivity contribution < 1.29 is 14.3 Å². The monoisotopic (exact) mass is 408 g/mol. The number of hydrogen-bond donors (Lipinski definition) is 0. The molecule has 0 radical (unpaired) electrons. The number of benzene rings is 1. The molecular weight excluding hydrogens is 384 g/mol. The second-order valence-corrected chi connectivity index (χ2v) is 7.73. The average molecular weight is 409 g/mol. The van der Waals surface area contributed by atoms with Gasteiger partial charge in [-0.05, 0) is 78.1 Å². The van der Waals surface area contributed by atoms with Crippen molar-refractivity contribution in [1.82, 2.24) is 9.88 Å². The molecule has 0 spiro atoms. The van der Waals surface area contributed by atoms with Crippen LogP contribution in [0.1, 0.15) is 47.3 Å². The van der Waals surface area contributed by atoms with Crippen molar-refractivity contribution in [1.29, 1.82) is 0 Å². The number of thiophene rings is 1. The number of nitrogens with zero attached hydrogens (tertiary/aromatic N) is 2. The maximum atomic E-state index is 13.2. The number of carbonyl (C=O) groups excluding carboxylic acids is 1. The number of rotatable bonds is 7. The van der Waals surface area contributed by atoms with Crippen molar-refractivity contribution in [3.8, 4) is 11.5 Å². The van der Waals surface area contributed by atoms with Gasteiger partial charge in [0, 0.05) is 24.5 Å². The van der Waals surface area contributed by atoms with Gasteiger partial charge in [-0.25, -0.2) is 0 Å². The van der Waals surface area contributed by atoms with Crippen LogP contribution in [0, 0.1) is 0 Å². The predicted molar refractivity (Wildman–Crippen MR) is 114 cm³/mol. The molecule has 29 heavy (non-hydrogen) atoms. The van der Waals surface area contributed by atoms with Crippen LogP contribution in [-0.2, 0) is 6.61 Å². The molecule has 5 nitrogen and oxygen atoms in total. The van der Waals surface area contributed by atoms with Crippen LogP contribution in [-0.4, -0.2) is 28.9 Å². The first-order valence-electron chi connectivity index (χ1n) is 9.88. The average Bonchev–Trinajstić information content (AvgIpc) is 3.45. The first-order valence-corrected chi connectivity index (χ1v) is 10.8. The van der Waals surface area contributed by atoms with Crippen LogP contribution in [0.25, 0.3) is 0 Å². The van der Waals surface area contributed by atoms with E-state index in [-0.39, 0.29) is 11.9 Å². The van der Waals surface area contributed by atoms with Gasteiger partial charge in [0.15, 0.2) is 11.5 Å². The van der Waals surface area contributed by atoms with Crippen LogP contribution in [0.3, 0.4) is 0 Å². The fourth-order valence-corrected chi connectivity index (χ4v) is 4.36. The first-order chi connectivity index (χ1) is 14.3. The van der Waals surface area contributed by atoms with Gasteiger partial charge in [-0.15, -0.1) is 0 Å². The number of ether oxygens (including phenoxy) is 2. The molecule has 3 heterocycles. The maximum absolute atomic E-state index is 13.2. The van der Waals surface area contributed by atoms with Crippen molar-refractivity contribution >= 4 is 17.2 Å². The Hall–Kier alpha value is -2.86. The van der Waals surface area contributed by atoms with E-state index >= 15 is 0 Å². The Balaban J connectivity index is 1.53. The molecular formula is C23H24N2O3S. The molecule has 1 fully saturated rings. The zero-order valence-electron chi connectivity index (χ0n) is 16.4. The van der Waals surface area contributed by atoms with Crippen LogP contribution >= 0.6 is 11.3 Å². The zero-order valence-corrected chi connectivity index (χ0v) is 17.2. The van der Waals surface area contributed by atoms with Crippen LogP contribution in [0.15, 0.2) is 59.6 Å². The summed E-state index contributed by atoms with van der Waals surface area (Å²) in [5.41, 5.74) is 2.88. The topological polar surface area (TPSA) is 51.7 Å². The lowest BCUT2D eigenvalue weighted by atomic mass is 10.1. The number of carbonyl (C=O) groups is 1. The van der Waals surface area contributed by atoms with Gasteiger partial charge in [0.2, 0.25) is 0 Å². The summed E-state index contributed by atoms with van der Waals surface area (Å²) in [7, 11) is 0. The Kier molecular flexibility index (Phi) is 6.10. The van der Waals surface area contributed by atoms with Crippen LogP contribution in [0.2, 0.25) is 0 Å². The minimum Gasteiger partial charge on any atom is -0.490 e. The second-order valence-electron chi connectivity index (χ2n) is 6.95. The Morgan fingerprint density at radius 1 is 1.17 bits per heavy atom. The minimum absolute atomic E-state index is 0.0420. The van der Waals surface area contributed by atoms with E-state index in [9.17, 15) is 4.79 Å². The van der Waals surface area contributed by atoms with E-state index in [1.165, 1.54) is 5.56 Å². The molecule has 0 N–H and O–H groups in total. The Labute approximate surface area is 174 Å². The number of hydrogen-bond acceptors (Lipinski definition) is 5. The van der Waals surface area contributed by atoms with Gasteiger partial charge < -0.3 is 14.4 Å². The molecule has 6 heteroatoms. The lowest BCUT2D eigenvalue weighted by Gasteiger charge is -2.24. The summed E-state index contributed by atoms with van der Waals surface area (Å²) in [5, 5.41) is 4.20. The summed E-state index contributed by atoms with van der Waals surface area (Å²) in [4.78, 5) is 19.2. The molecule has 1 aliphatic heterocycles. The molecule has 1 atom stereocenters. The lowest BCUT2D eigenvalue weighted by Crippen LogP contribution is -2.30. The fraction of sp³-hybridized carbons (Fsp3) is 0.304. The first kappa shape index (κ1) is 19.5. The SMILES string of the molecule is CCOc1cc(C(=O)N2CCCC2c2ccsc2)ccc1OCc1ccncc1. The van der Waals surface area contributed by atoms with Crippen molar-refractivity contribution in [3.63, 3.8) is 0 Å². The summed E-state index contributed by atoms with van der Waals surface area (Å²) in [6.45, 7) is 3.63. The van der Waals surface area contributed by atoms with Crippen LogP contribution in [0.4, 0.5) is 0 Å².